The Morgan fingerprint density at radius 1 is 0.667 bits per heavy atom. The SMILES string of the molecule is C(c1ccccc1)=c1cccc2c1=Cc1ccccc1O2. The molecule has 4 rings (SSSR count). The van der Waals surface area contributed by atoms with Gasteiger partial charge >= 0.3 is 0 Å². The van der Waals surface area contributed by atoms with E-state index in [0.29, 0.717) is 0 Å². The summed E-state index contributed by atoms with van der Waals surface area (Å²) in [5, 5.41) is 2.31. The van der Waals surface area contributed by atoms with Crippen LogP contribution in [0.15, 0.2) is 72.8 Å². The van der Waals surface area contributed by atoms with E-state index in [1.807, 2.05) is 36.4 Å². The molecule has 0 spiro atoms. The van der Waals surface area contributed by atoms with Gasteiger partial charge in [0.25, 0.3) is 0 Å². The first-order valence-electron chi connectivity index (χ1n) is 7.04. The normalized spacial score (nSPS) is 12.9. The molecular weight excluding hydrogens is 256 g/mol. The Hall–Kier alpha value is -2.80. The highest BCUT2D eigenvalue weighted by atomic mass is 16.5. The minimum Gasteiger partial charge on any atom is -0.456 e. The fourth-order valence-electron chi connectivity index (χ4n) is 2.63. The van der Waals surface area contributed by atoms with Gasteiger partial charge in [0.05, 0.1) is 0 Å². The molecule has 0 amide bonds. The van der Waals surface area contributed by atoms with Gasteiger partial charge < -0.3 is 4.74 Å². The first-order valence-corrected chi connectivity index (χ1v) is 7.04. The summed E-state index contributed by atoms with van der Waals surface area (Å²) in [6.07, 6.45) is 4.38. The molecule has 0 radical (unpaired) electrons. The number of rotatable bonds is 1. The topological polar surface area (TPSA) is 9.23 Å². The number of hydrogen-bond donors (Lipinski definition) is 0. The molecule has 1 heterocycles. The molecule has 0 aliphatic carbocycles. The molecule has 0 fully saturated rings. The minimum absolute atomic E-state index is 0.915. The second kappa shape index (κ2) is 4.95. The second-order valence-electron chi connectivity index (χ2n) is 5.10. The lowest BCUT2D eigenvalue weighted by Crippen LogP contribution is -2.27. The summed E-state index contributed by atoms with van der Waals surface area (Å²) in [6.45, 7) is 0. The predicted octanol–water partition coefficient (Wildman–Crippen LogP) is 3.45. The number of benzene rings is 3. The Labute approximate surface area is 123 Å². The fourth-order valence-corrected chi connectivity index (χ4v) is 2.63. The molecule has 0 saturated carbocycles. The molecule has 0 saturated heterocycles. The van der Waals surface area contributed by atoms with Crippen molar-refractivity contribution in [3.05, 3.63) is 94.4 Å². The van der Waals surface area contributed by atoms with E-state index in [1.54, 1.807) is 0 Å². The summed E-state index contributed by atoms with van der Waals surface area (Å²) in [4.78, 5) is 0. The zero-order valence-corrected chi connectivity index (χ0v) is 11.5. The van der Waals surface area contributed by atoms with Crippen LogP contribution in [0.2, 0.25) is 0 Å². The van der Waals surface area contributed by atoms with Crippen LogP contribution in [-0.4, -0.2) is 0 Å². The molecular formula is C20H14O. The van der Waals surface area contributed by atoms with Gasteiger partial charge in [0.15, 0.2) is 0 Å². The van der Waals surface area contributed by atoms with E-state index in [0.717, 1.165) is 22.3 Å². The Balaban J connectivity index is 1.98. The number of ether oxygens (including phenoxy) is 1. The van der Waals surface area contributed by atoms with Gasteiger partial charge in [0, 0.05) is 10.8 Å². The van der Waals surface area contributed by atoms with E-state index in [-0.39, 0.29) is 0 Å². The highest BCUT2D eigenvalue weighted by molar-refractivity contribution is 5.64. The summed E-state index contributed by atoms with van der Waals surface area (Å²) < 4.78 is 6.00. The van der Waals surface area contributed by atoms with Crippen molar-refractivity contribution >= 4 is 12.2 Å². The third-order valence-corrected chi connectivity index (χ3v) is 3.66. The highest BCUT2D eigenvalue weighted by Crippen LogP contribution is 2.26. The molecule has 0 unspecified atom stereocenters. The van der Waals surface area contributed by atoms with Crippen LogP contribution in [0.3, 0.4) is 0 Å². The van der Waals surface area contributed by atoms with Gasteiger partial charge in [-0.2, -0.15) is 0 Å². The van der Waals surface area contributed by atoms with E-state index in [1.165, 1.54) is 10.8 Å². The van der Waals surface area contributed by atoms with Gasteiger partial charge in [-0.25, -0.2) is 0 Å². The average Bonchev–Trinajstić information content (AvgIpc) is 2.54. The molecule has 100 valence electrons. The van der Waals surface area contributed by atoms with Gasteiger partial charge in [-0.3, -0.25) is 0 Å². The highest BCUT2D eigenvalue weighted by Gasteiger charge is 2.09. The van der Waals surface area contributed by atoms with Crippen LogP contribution in [0.4, 0.5) is 0 Å². The van der Waals surface area contributed by atoms with E-state index in [4.69, 9.17) is 4.74 Å². The molecule has 1 aliphatic rings. The third-order valence-electron chi connectivity index (χ3n) is 3.66. The van der Waals surface area contributed by atoms with Gasteiger partial charge in [-0.1, -0.05) is 60.7 Å². The van der Waals surface area contributed by atoms with Crippen molar-refractivity contribution in [3.8, 4) is 11.5 Å². The molecule has 1 heteroatoms. The second-order valence-corrected chi connectivity index (χ2v) is 5.10. The lowest BCUT2D eigenvalue weighted by Gasteiger charge is -2.14. The first kappa shape index (κ1) is 12.0. The van der Waals surface area contributed by atoms with Crippen LogP contribution >= 0.6 is 0 Å². The predicted molar refractivity (Wildman–Crippen MR) is 85.8 cm³/mol. The van der Waals surface area contributed by atoms with Crippen LogP contribution < -0.4 is 15.2 Å². The summed E-state index contributed by atoms with van der Waals surface area (Å²) in [6, 6.07) is 24.6. The molecule has 3 aromatic carbocycles. The molecule has 0 N–H and O–H groups in total. The largest absolute Gasteiger partial charge is 0.456 e. The zero-order valence-electron chi connectivity index (χ0n) is 11.5. The maximum atomic E-state index is 6.00. The maximum absolute atomic E-state index is 6.00. The average molecular weight is 270 g/mol. The van der Waals surface area contributed by atoms with E-state index < -0.39 is 0 Å². The van der Waals surface area contributed by atoms with Crippen molar-refractivity contribution in [1.29, 1.82) is 0 Å². The Morgan fingerprint density at radius 3 is 2.33 bits per heavy atom. The smallest absolute Gasteiger partial charge is 0.135 e. The minimum atomic E-state index is 0.915. The van der Waals surface area contributed by atoms with Crippen molar-refractivity contribution in [2.75, 3.05) is 0 Å². The molecule has 21 heavy (non-hydrogen) atoms. The first-order chi connectivity index (χ1) is 10.4. The van der Waals surface area contributed by atoms with Crippen molar-refractivity contribution < 1.29 is 4.74 Å². The molecule has 1 aliphatic heterocycles. The zero-order chi connectivity index (χ0) is 14.1. The molecule has 3 aromatic rings. The number of para-hydroxylation sites is 1. The van der Waals surface area contributed by atoms with Crippen LogP contribution in [0, 0.1) is 0 Å². The third kappa shape index (κ3) is 2.23. The fraction of sp³-hybridized carbons (Fsp3) is 0. The van der Waals surface area contributed by atoms with Crippen molar-refractivity contribution in [3.63, 3.8) is 0 Å². The van der Waals surface area contributed by atoms with Crippen LogP contribution in [0.5, 0.6) is 11.5 Å². The molecule has 0 atom stereocenters. The monoisotopic (exact) mass is 270 g/mol. The van der Waals surface area contributed by atoms with Gasteiger partial charge in [-0.15, -0.1) is 0 Å². The van der Waals surface area contributed by atoms with Gasteiger partial charge in [-0.05, 0) is 35.1 Å². The molecule has 0 aromatic heterocycles. The summed E-state index contributed by atoms with van der Waals surface area (Å²) in [5.74, 6) is 1.83. The standard InChI is InChI=1S/C20H14O/c1-2-7-15(8-3-1)13-16-10-6-12-20-18(16)14-17-9-4-5-11-19(17)21-20/h1-14H. The van der Waals surface area contributed by atoms with Crippen molar-refractivity contribution in [2.45, 2.75) is 0 Å². The van der Waals surface area contributed by atoms with E-state index in [9.17, 15) is 0 Å². The summed E-state index contributed by atoms with van der Waals surface area (Å²) in [7, 11) is 0. The molecule has 0 bridgehead atoms. The Bertz CT molecular complexity index is 908. The molecule has 1 nitrogen and oxygen atoms in total. The quantitative estimate of drug-likeness (QED) is 0.515. The van der Waals surface area contributed by atoms with E-state index in [2.05, 4.69) is 48.6 Å². The maximum Gasteiger partial charge on any atom is 0.135 e. The number of fused-ring (bicyclic) bond motifs is 2. The lowest BCUT2D eigenvalue weighted by atomic mass is 10.1. The Morgan fingerprint density at radius 2 is 1.43 bits per heavy atom. The lowest BCUT2D eigenvalue weighted by molar-refractivity contribution is 0.473. The van der Waals surface area contributed by atoms with Crippen molar-refractivity contribution in [1.82, 2.24) is 0 Å². The number of hydrogen-bond acceptors (Lipinski definition) is 1. The summed E-state index contributed by atoms with van der Waals surface area (Å²) >= 11 is 0. The van der Waals surface area contributed by atoms with E-state index >= 15 is 0 Å². The van der Waals surface area contributed by atoms with Gasteiger partial charge in [0.1, 0.15) is 11.5 Å². The van der Waals surface area contributed by atoms with Crippen LogP contribution in [0.25, 0.3) is 12.2 Å². The van der Waals surface area contributed by atoms with Crippen LogP contribution in [-0.2, 0) is 0 Å². The summed E-state index contributed by atoms with van der Waals surface area (Å²) in [5.41, 5.74) is 2.32. The van der Waals surface area contributed by atoms with Crippen LogP contribution in [0.1, 0.15) is 11.1 Å². The van der Waals surface area contributed by atoms with Gasteiger partial charge in [0.2, 0.25) is 0 Å². The Kier molecular flexibility index (Phi) is 2.82. The van der Waals surface area contributed by atoms with Crippen molar-refractivity contribution in [2.24, 2.45) is 0 Å².